The molecule has 2 N–H and O–H groups in total. The minimum absolute atomic E-state index is 0.0164. The summed E-state index contributed by atoms with van der Waals surface area (Å²) < 4.78 is 10.9. The molecule has 1 amide bonds. The zero-order valence-electron chi connectivity index (χ0n) is 14.0. The Labute approximate surface area is 140 Å². The summed E-state index contributed by atoms with van der Waals surface area (Å²) in [4.78, 5) is 23.4. The van der Waals surface area contributed by atoms with Crippen molar-refractivity contribution < 1.29 is 23.8 Å². The van der Waals surface area contributed by atoms with Gasteiger partial charge in [0, 0.05) is 18.2 Å². The quantitative estimate of drug-likeness (QED) is 0.803. The first-order chi connectivity index (χ1) is 11.5. The number of benzene rings is 1. The highest BCUT2D eigenvalue weighted by molar-refractivity contribution is 6.04. The van der Waals surface area contributed by atoms with Crippen molar-refractivity contribution in [3.05, 3.63) is 46.9 Å². The van der Waals surface area contributed by atoms with Gasteiger partial charge >= 0.3 is 5.97 Å². The number of furan rings is 1. The number of aromatic carboxylic acids is 1. The maximum absolute atomic E-state index is 12.3. The van der Waals surface area contributed by atoms with Crippen LogP contribution in [0.5, 0.6) is 5.75 Å². The molecular formula is C18H21NO5. The van der Waals surface area contributed by atoms with Gasteiger partial charge in [-0.15, -0.1) is 0 Å². The van der Waals surface area contributed by atoms with Crippen LogP contribution in [0.25, 0.3) is 0 Å². The molecule has 6 nitrogen and oxygen atoms in total. The van der Waals surface area contributed by atoms with Crippen molar-refractivity contribution in [3.8, 4) is 5.75 Å². The zero-order chi connectivity index (χ0) is 17.7. The predicted octanol–water partition coefficient (Wildman–Crippen LogP) is 3.89. The first-order valence-electron chi connectivity index (χ1n) is 7.87. The normalized spacial score (nSPS) is 10.5. The van der Waals surface area contributed by atoms with E-state index in [0.29, 0.717) is 18.7 Å². The maximum atomic E-state index is 12.3. The molecule has 6 heteroatoms. The van der Waals surface area contributed by atoms with Gasteiger partial charge < -0.3 is 19.6 Å². The average molecular weight is 331 g/mol. The molecule has 0 saturated heterocycles. The van der Waals surface area contributed by atoms with Crippen molar-refractivity contribution in [1.29, 1.82) is 0 Å². The molecule has 0 unspecified atom stereocenters. The molecule has 2 aromatic rings. The third-order valence-corrected chi connectivity index (χ3v) is 3.50. The third kappa shape index (κ3) is 3.95. The standard InChI is InChI=1S/C18H21NO5/c1-4-8-23-12-6-7-14(11(3)9-12)19-17(20)16-10-13(18(21)22)15(5-2)24-16/h6-7,9-10H,4-5,8H2,1-3H3,(H,19,20)(H,21,22). The van der Waals surface area contributed by atoms with Crippen LogP contribution in [0, 0.1) is 6.92 Å². The second-order valence-corrected chi connectivity index (χ2v) is 5.39. The Hall–Kier alpha value is -2.76. The van der Waals surface area contributed by atoms with Crippen LogP contribution in [0.1, 0.15) is 52.5 Å². The van der Waals surface area contributed by atoms with Crippen LogP contribution in [0.3, 0.4) is 0 Å². The summed E-state index contributed by atoms with van der Waals surface area (Å²) in [7, 11) is 0. The number of hydrogen-bond donors (Lipinski definition) is 2. The highest BCUT2D eigenvalue weighted by atomic mass is 16.5. The van der Waals surface area contributed by atoms with E-state index >= 15 is 0 Å². The van der Waals surface area contributed by atoms with Crippen LogP contribution in [0.2, 0.25) is 0 Å². The van der Waals surface area contributed by atoms with Crippen molar-refractivity contribution in [2.24, 2.45) is 0 Å². The first-order valence-corrected chi connectivity index (χ1v) is 7.87. The van der Waals surface area contributed by atoms with E-state index in [2.05, 4.69) is 5.32 Å². The number of aryl methyl sites for hydroxylation is 2. The fourth-order valence-corrected chi connectivity index (χ4v) is 2.25. The Kier molecular flexibility index (Phi) is 5.63. The monoisotopic (exact) mass is 331 g/mol. The maximum Gasteiger partial charge on any atom is 0.339 e. The highest BCUT2D eigenvalue weighted by Crippen LogP contribution is 2.23. The summed E-state index contributed by atoms with van der Waals surface area (Å²) in [6.45, 7) is 6.29. The highest BCUT2D eigenvalue weighted by Gasteiger charge is 2.20. The fourth-order valence-electron chi connectivity index (χ4n) is 2.25. The number of ether oxygens (including phenoxy) is 1. The fraction of sp³-hybridized carbons (Fsp3) is 0.333. The lowest BCUT2D eigenvalue weighted by molar-refractivity contribution is 0.0694. The van der Waals surface area contributed by atoms with E-state index < -0.39 is 11.9 Å². The Bertz CT molecular complexity index is 748. The molecule has 0 bridgehead atoms. The van der Waals surface area contributed by atoms with E-state index in [0.717, 1.165) is 17.7 Å². The Morgan fingerprint density at radius 3 is 2.54 bits per heavy atom. The predicted molar refractivity (Wildman–Crippen MR) is 90.0 cm³/mol. The molecule has 0 aliphatic heterocycles. The van der Waals surface area contributed by atoms with Gasteiger partial charge in [-0.1, -0.05) is 13.8 Å². The van der Waals surface area contributed by atoms with Crippen molar-refractivity contribution in [2.45, 2.75) is 33.6 Å². The molecule has 0 saturated carbocycles. The minimum atomic E-state index is -1.11. The van der Waals surface area contributed by atoms with Crippen LogP contribution in [-0.2, 0) is 6.42 Å². The molecule has 128 valence electrons. The number of amides is 1. The average Bonchev–Trinajstić information content (AvgIpc) is 3.00. The van der Waals surface area contributed by atoms with E-state index in [1.165, 1.54) is 6.07 Å². The Morgan fingerprint density at radius 1 is 1.25 bits per heavy atom. The van der Waals surface area contributed by atoms with Crippen molar-refractivity contribution in [2.75, 3.05) is 11.9 Å². The molecule has 1 aromatic heterocycles. The summed E-state index contributed by atoms with van der Waals surface area (Å²) in [6.07, 6.45) is 1.32. The van der Waals surface area contributed by atoms with E-state index in [-0.39, 0.29) is 17.1 Å². The smallest absolute Gasteiger partial charge is 0.339 e. The number of nitrogens with one attached hydrogen (secondary N) is 1. The number of rotatable bonds is 7. The van der Waals surface area contributed by atoms with Gasteiger partial charge in [0.05, 0.1) is 6.61 Å². The topological polar surface area (TPSA) is 88.8 Å². The van der Waals surface area contributed by atoms with Gasteiger partial charge in [0.2, 0.25) is 0 Å². The van der Waals surface area contributed by atoms with Crippen LogP contribution in [0.15, 0.2) is 28.7 Å². The largest absolute Gasteiger partial charge is 0.494 e. The second kappa shape index (κ2) is 7.68. The summed E-state index contributed by atoms with van der Waals surface area (Å²) in [6, 6.07) is 6.62. The molecule has 0 spiro atoms. The van der Waals surface area contributed by atoms with Crippen molar-refractivity contribution in [1.82, 2.24) is 0 Å². The minimum Gasteiger partial charge on any atom is -0.494 e. The molecule has 2 rings (SSSR count). The summed E-state index contributed by atoms with van der Waals surface area (Å²) in [5, 5.41) is 11.9. The molecule has 1 aromatic carbocycles. The van der Waals surface area contributed by atoms with Crippen molar-refractivity contribution in [3.63, 3.8) is 0 Å². The lowest BCUT2D eigenvalue weighted by atomic mass is 10.2. The van der Waals surface area contributed by atoms with Crippen LogP contribution in [-0.4, -0.2) is 23.6 Å². The molecule has 0 atom stereocenters. The summed E-state index contributed by atoms with van der Waals surface area (Å²) in [5.74, 6) is -0.583. The van der Waals surface area contributed by atoms with Crippen LogP contribution in [0.4, 0.5) is 5.69 Å². The first kappa shape index (κ1) is 17.6. The molecule has 0 fully saturated rings. The molecule has 1 heterocycles. The Morgan fingerprint density at radius 2 is 2.00 bits per heavy atom. The van der Waals surface area contributed by atoms with Gasteiger partial charge in [-0.3, -0.25) is 4.79 Å². The van der Waals surface area contributed by atoms with Gasteiger partial charge in [0.15, 0.2) is 5.76 Å². The number of carboxylic acids is 1. The molecule has 24 heavy (non-hydrogen) atoms. The van der Waals surface area contributed by atoms with Crippen LogP contribution >= 0.6 is 0 Å². The molecule has 0 aliphatic carbocycles. The number of hydrogen-bond acceptors (Lipinski definition) is 4. The van der Waals surface area contributed by atoms with E-state index in [1.54, 1.807) is 19.1 Å². The molecular weight excluding hydrogens is 310 g/mol. The van der Waals surface area contributed by atoms with Gasteiger partial charge in [0.1, 0.15) is 17.1 Å². The second-order valence-electron chi connectivity index (χ2n) is 5.39. The lowest BCUT2D eigenvalue weighted by Crippen LogP contribution is -2.12. The van der Waals surface area contributed by atoms with E-state index in [4.69, 9.17) is 14.3 Å². The number of carboxylic acid groups (broad SMARTS) is 1. The SMILES string of the molecule is CCCOc1ccc(NC(=O)c2cc(C(=O)O)c(CC)o2)c(C)c1. The lowest BCUT2D eigenvalue weighted by Gasteiger charge is -2.10. The van der Waals surface area contributed by atoms with Gasteiger partial charge in [-0.25, -0.2) is 4.79 Å². The summed E-state index contributed by atoms with van der Waals surface area (Å²) in [5.41, 5.74) is 1.48. The zero-order valence-corrected chi connectivity index (χ0v) is 14.0. The number of carbonyl (C=O) groups excluding carboxylic acids is 1. The third-order valence-electron chi connectivity index (χ3n) is 3.50. The van der Waals surface area contributed by atoms with Crippen molar-refractivity contribution >= 4 is 17.6 Å². The van der Waals surface area contributed by atoms with Gasteiger partial charge in [-0.05, 0) is 37.1 Å². The van der Waals surface area contributed by atoms with Gasteiger partial charge in [-0.2, -0.15) is 0 Å². The number of carbonyl (C=O) groups is 2. The van der Waals surface area contributed by atoms with Crippen LogP contribution < -0.4 is 10.1 Å². The van der Waals surface area contributed by atoms with Gasteiger partial charge in [0.25, 0.3) is 5.91 Å². The van der Waals surface area contributed by atoms with E-state index in [9.17, 15) is 9.59 Å². The van der Waals surface area contributed by atoms with E-state index in [1.807, 2.05) is 19.9 Å². The Balaban J connectivity index is 2.16. The molecule has 0 radical (unpaired) electrons. The number of anilines is 1. The summed E-state index contributed by atoms with van der Waals surface area (Å²) >= 11 is 0. The molecule has 0 aliphatic rings.